The summed E-state index contributed by atoms with van der Waals surface area (Å²) in [7, 11) is 0. The third kappa shape index (κ3) is 3.01. The fourth-order valence-electron chi connectivity index (χ4n) is 3.34. The van der Waals surface area contributed by atoms with E-state index in [2.05, 4.69) is 16.0 Å². The van der Waals surface area contributed by atoms with Gasteiger partial charge in [-0.25, -0.2) is 9.18 Å². The number of urea groups is 1. The van der Waals surface area contributed by atoms with Gasteiger partial charge in [-0.15, -0.1) is 0 Å². The number of hydrogen-bond donors (Lipinski definition) is 3. The van der Waals surface area contributed by atoms with Crippen LogP contribution in [0.2, 0.25) is 0 Å². The molecule has 0 aromatic heterocycles. The highest BCUT2D eigenvalue weighted by molar-refractivity contribution is 6.05. The Hall–Kier alpha value is -2.93. The van der Waals surface area contributed by atoms with Crippen molar-refractivity contribution in [1.29, 1.82) is 0 Å². The third-order valence-electron chi connectivity index (χ3n) is 4.75. The molecule has 3 amide bonds. The lowest BCUT2D eigenvalue weighted by Crippen LogP contribution is -2.27. The van der Waals surface area contributed by atoms with Crippen LogP contribution in [0.4, 0.5) is 20.6 Å². The van der Waals surface area contributed by atoms with Crippen molar-refractivity contribution in [2.45, 2.75) is 13.0 Å². The molecule has 0 spiro atoms. The maximum atomic E-state index is 14.6. The molecule has 0 aliphatic carbocycles. The summed E-state index contributed by atoms with van der Waals surface area (Å²) in [6.07, 6.45) is 0.609. The Balaban J connectivity index is 1.51. The molecule has 2 aliphatic heterocycles. The lowest BCUT2D eigenvalue weighted by atomic mass is 9.99. The van der Waals surface area contributed by atoms with Gasteiger partial charge in [0, 0.05) is 30.9 Å². The number of hydrogen-bond acceptors (Lipinski definition) is 3. The Morgan fingerprint density at radius 3 is 2.65 bits per heavy atom. The Labute approximate surface area is 150 Å². The standard InChI is InChI=1S/C19H19FN4O2/c20-17-15-7-8-21-11-13(15)3-6-16(17)23-18(25)12-1-4-14(5-2-12)24-10-9-22-19(24)26/h1-6,21H,7-11H2,(H,22,26)(H,23,25). The molecule has 4 rings (SSSR count). The second-order valence-corrected chi connectivity index (χ2v) is 6.38. The Kier molecular flexibility index (Phi) is 4.30. The molecule has 0 saturated carbocycles. The van der Waals surface area contributed by atoms with Crippen LogP contribution >= 0.6 is 0 Å². The molecule has 1 fully saturated rings. The normalized spacial score (nSPS) is 16.2. The van der Waals surface area contributed by atoms with E-state index in [4.69, 9.17) is 0 Å². The van der Waals surface area contributed by atoms with Gasteiger partial charge in [-0.1, -0.05) is 6.07 Å². The summed E-state index contributed by atoms with van der Waals surface area (Å²) in [6.45, 7) is 2.58. The van der Waals surface area contributed by atoms with Crippen molar-refractivity contribution < 1.29 is 14.0 Å². The van der Waals surface area contributed by atoms with E-state index in [1.54, 1.807) is 35.2 Å². The number of nitrogens with one attached hydrogen (secondary N) is 3. The number of benzene rings is 2. The van der Waals surface area contributed by atoms with Gasteiger partial charge in [-0.2, -0.15) is 0 Å². The average Bonchev–Trinajstić information content (AvgIpc) is 3.10. The van der Waals surface area contributed by atoms with Crippen LogP contribution in [0.1, 0.15) is 21.5 Å². The number of fused-ring (bicyclic) bond motifs is 1. The highest BCUT2D eigenvalue weighted by atomic mass is 19.1. The molecule has 0 bridgehead atoms. The van der Waals surface area contributed by atoms with Crippen LogP contribution in [0, 0.1) is 5.82 Å². The zero-order valence-electron chi connectivity index (χ0n) is 14.1. The fraction of sp³-hybridized carbons (Fsp3) is 0.263. The van der Waals surface area contributed by atoms with Gasteiger partial charge in [0.1, 0.15) is 5.82 Å². The molecule has 3 N–H and O–H groups in total. The third-order valence-corrected chi connectivity index (χ3v) is 4.75. The van der Waals surface area contributed by atoms with Crippen molar-refractivity contribution in [2.24, 2.45) is 0 Å². The van der Waals surface area contributed by atoms with Crippen LogP contribution in [-0.2, 0) is 13.0 Å². The summed E-state index contributed by atoms with van der Waals surface area (Å²) in [6, 6.07) is 10.0. The number of carbonyl (C=O) groups excluding carboxylic acids is 2. The van der Waals surface area contributed by atoms with Gasteiger partial charge in [0.2, 0.25) is 0 Å². The topological polar surface area (TPSA) is 73.5 Å². The summed E-state index contributed by atoms with van der Waals surface area (Å²) in [5.41, 5.74) is 2.92. The molecule has 0 radical (unpaired) electrons. The van der Waals surface area contributed by atoms with Crippen LogP contribution < -0.4 is 20.9 Å². The average molecular weight is 354 g/mol. The number of halogens is 1. The van der Waals surface area contributed by atoms with E-state index in [0.717, 1.165) is 17.8 Å². The maximum Gasteiger partial charge on any atom is 0.321 e. The van der Waals surface area contributed by atoms with Crippen molar-refractivity contribution >= 4 is 23.3 Å². The van der Waals surface area contributed by atoms with Crippen LogP contribution in [-0.4, -0.2) is 31.6 Å². The molecule has 2 aliphatic rings. The van der Waals surface area contributed by atoms with Crippen molar-refractivity contribution in [2.75, 3.05) is 29.9 Å². The zero-order chi connectivity index (χ0) is 18.1. The molecular formula is C19H19FN4O2. The minimum Gasteiger partial charge on any atom is -0.336 e. The van der Waals surface area contributed by atoms with Crippen molar-refractivity contribution in [3.63, 3.8) is 0 Å². The predicted molar refractivity (Wildman–Crippen MR) is 97.0 cm³/mol. The van der Waals surface area contributed by atoms with Gasteiger partial charge in [0.25, 0.3) is 5.91 Å². The van der Waals surface area contributed by atoms with E-state index in [1.165, 1.54) is 0 Å². The van der Waals surface area contributed by atoms with E-state index in [9.17, 15) is 14.0 Å². The first-order valence-electron chi connectivity index (χ1n) is 8.61. The Morgan fingerprint density at radius 1 is 1.12 bits per heavy atom. The molecule has 2 aromatic carbocycles. The van der Waals surface area contributed by atoms with E-state index < -0.39 is 0 Å². The fourth-order valence-corrected chi connectivity index (χ4v) is 3.34. The van der Waals surface area contributed by atoms with Gasteiger partial charge in [0.15, 0.2) is 0 Å². The smallest absolute Gasteiger partial charge is 0.321 e. The molecule has 0 unspecified atom stereocenters. The number of carbonyl (C=O) groups is 2. The zero-order valence-corrected chi connectivity index (χ0v) is 14.1. The Morgan fingerprint density at radius 2 is 1.92 bits per heavy atom. The monoisotopic (exact) mass is 354 g/mol. The molecule has 7 heteroatoms. The van der Waals surface area contributed by atoms with Gasteiger partial charge in [0.05, 0.1) is 5.69 Å². The molecule has 2 aromatic rings. The van der Waals surface area contributed by atoms with Gasteiger partial charge >= 0.3 is 6.03 Å². The second kappa shape index (κ2) is 6.76. The van der Waals surface area contributed by atoms with Gasteiger partial charge in [-0.3, -0.25) is 9.69 Å². The first-order valence-corrected chi connectivity index (χ1v) is 8.61. The predicted octanol–water partition coefficient (Wildman–Crippen LogP) is 2.25. The largest absolute Gasteiger partial charge is 0.336 e. The van der Waals surface area contributed by atoms with Crippen LogP contribution in [0.25, 0.3) is 0 Å². The number of amides is 3. The first kappa shape index (κ1) is 16.5. The number of anilines is 2. The maximum absolute atomic E-state index is 14.6. The van der Waals surface area contributed by atoms with Crippen LogP contribution in [0.15, 0.2) is 36.4 Å². The summed E-state index contributed by atoms with van der Waals surface area (Å²) in [4.78, 5) is 25.7. The highest BCUT2D eigenvalue weighted by Crippen LogP contribution is 2.25. The van der Waals surface area contributed by atoms with E-state index in [1.807, 2.05) is 6.07 Å². The molecule has 0 atom stereocenters. The molecular weight excluding hydrogens is 335 g/mol. The second-order valence-electron chi connectivity index (χ2n) is 6.38. The van der Waals surface area contributed by atoms with Crippen molar-refractivity contribution in [3.8, 4) is 0 Å². The highest BCUT2D eigenvalue weighted by Gasteiger charge is 2.21. The Bertz CT molecular complexity index is 867. The molecule has 6 nitrogen and oxygen atoms in total. The first-order chi connectivity index (χ1) is 12.6. The van der Waals surface area contributed by atoms with E-state index in [0.29, 0.717) is 37.2 Å². The van der Waals surface area contributed by atoms with E-state index in [-0.39, 0.29) is 23.4 Å². The van der Waals surface area contributed by atoms with Crippen molar-refractivity contribution in [3.05, 3.63) is 58.9 Å². The van der Waals surface area contributed by atoms with Crippen molar-refractivity contribution in [1.82, 2.24) is 10.6 Å². The van der Waals surface area contributed by atoms with E-state index >= 15 is 0 Å². The lowest BCUT2D eigenvalue weighted by molar-refractivity contribution is 0.102. The minimum absolute atomic E-state index is 0.146. The minimum atomic E-state index is -0.379. The summed E-state index contributed by atoms with van der Waals surface area (Å²) in [5, 5.41) is 8.58. The summed E-state index contributed by atoms with van der Waals surface area (Å²) in [5.74, 6) is -0.738. The molecule has 134 valence electrons. The lowest BCUT2D eigenvalue weighted by Gasteiger charge is -2.19. The molecule has 2 heterocycles. The SMILES string of the molecule is O=C(Nc1ccc2c(c1F)CCNC2)c1ccc(N2CCNC2=O)cc1. The van der Waals surface area contributed by atoms with Gasteiger partial charge in [-0.05, 0) is 54.4 Å². The molecule has 26 heavy (non-hydrogen) atoms. The number of rotatable bonds is 3. The summed E-state index contributed by atoms with van der Waals surface area (Å²) >= 11 is 0. The molecule has 1 saturated heterocycles. The number of nitrogens with zero attached hydrogens (tertiary/aromatic N) is 1. The quantitative estimate of drug-likeness (QED) is 0.792. The van der Waals surface area contributed by atoms with Crippen LogP contribution in [0.3, 0.4) is 0 Å². The van der Waals surface area contributed by atoms with Gasteiger partial charge < -0.3 is 16.0 Å². The summed E-state index contributed by atoms with van der Waals surface area (Å²) < 4.78 is 14.6. The van der Waals surface area contributed by atoms with Crippen LogP contribution in [0.5, 0.6) is 0 Å².